The van der Waals surface area contributed by atoms with Crippen LogP contribution in [0.25, 0.3) is 0 Å². The Bertz CT molecular complexity index is 770. The Balaban J connectivity index is 2.63. The molecule has 23 heavy (non-hydrogen) atoms. The van der Waals surface area contributed by atoms with Crippen LogP contribution in [0, 0.1) is 10.1 Å². The third-order valence-electron chi connectivity index (χ3n) is 3.02. The molecule has 0 atom stereocenters. The van der Waals surface area contributed by atoms with Gasteiger partial charge in [0.2, 0.25) is 5.75 Å². The number of ketones is 1. The lowest BCUT2D eigenvalue weighted by atomic mass is 10.0. The number of nitro groups is 1. The van der Waals surface area contributed by atoms with E-state index in [1.807, 2.05) is 0 Å². The van der Waals surface area contributed by atoms with Gasteiger partial charge in [-0.05, 0) is 12.1 Å². The molecule has 0 bridgehead atoms. The summed E-state index contributed by atoms with van der Waals surface area (Å²) >= 11 is 0. The zero-order chi connectivity index (χ0) is 17.0. The fourth-order valence-corrected chi connectivity index (χ4v) is 2.09. The number of hydrogen-bond acceptors (Lipinski definition) is 6. The monoisotopic (exact) mass is 315 g/mol. The van der Waals surface area contributed by atoms with Gasteiger partial charge in [0.1, 0.15) is 5.56 Å². The van der Waals surface area contributed by atoms with Crippen LogP contribution in [0.4, 0.5) is 5.69 Å². The summed E-state index contributed by atoms with van der Waals surface area (Å²) in [5.74, 6) is -1.56. The molecule has 0 aliphatic rings. The number of esters is 1. The van der Waals surface area contributed by atoms with E-state index >= 15 is 0 Å². The molecule has 7 nitrogen and oxygen atoms in total. The van der Waals surface area contributed by atoms with Gasteiger partial charge in [0.05, 0.1) is 12.0 Å². The van der Waals surface area contributed by atoms with Crippen molar-refractivity contribution in [2.75, 3.05) is 7.11 Å². The van der Waals surface area contributed by atoms with Gasteiger partial charge in [-0.15, -0.1) is 0 Å². The Hall–Kier alpha value is -3.22. The SMILES string of the molecule is COc1c(OC(C)=O)ccc(C(=O)c2ccccc2)c1[N+](=O)[O-]. The van der Waals surface area contributed by atoms with Crippen molar-refractivity contribution in [3.05, 3.63) is 63.7 Å². The average Bonchev–Trinajstić information content (AvgIpc) is 2.53. The van der Waals surface area contributed by atoms with Gasteiger partial charge in [-0.3, -0.25) is 19.7 Å². The zero-order valence-electron chi connectivity index (χ0n) is 12.4. The van der Waals surface area contributed by atoms with Crippen molar-refractivity contribution in [2.45, 2.75) is 6.92 Å². The van der Waals surface area contributed by atoms with Gasteiger partial charge in [-0.2, -0.15) is 0 Å². The summed E-state index contributed by atoms with van der Waals surface area (Å²) in [4.78, 5) is 34.3. The number of carbonyl (C=O) groups is 2. The Kier molecular flexibility index (Phi) is 4.70. The first kappa shape index (κ1) is 16.2. The number of ether oxygens (including phenoxy) is 2. The molecule has 2 aromatic carbocycles. The van der Waals surface area contributed by atoms with Gasteiger partial charge >= 0.3 is 11.7 Å². The van der Waals surface area contributed by atoms with E-state index < -0.39 is 22.4 Å². The molecule has 0 aromatic heterocycles. The van der Waals surface area contributed by atoms with Crippen LogP contribution in [0.1, 0.15) is 22.8 Å². The van der Waals surface area contributed by atoms with Crippen LogP contribution in [0.5, 0.6) is 11.5 Å². The fraction of sp³-hybridized carbons (Fsp3) is 0.125. The second kappa shape index (κ2) is 6.69. The topological polar surface area (TPSA) is 95.7 Å². The number of hydrogen-bond donors (Lipinski definition) is 0. The number of rotatable bonds is 5. The Morgan fingerprint density at radius 2 is 1.74 bits per heavy atom. The molecule has 0 heterocycles. The quantitative estimate of drug-likeness (QED) is 0.277. The van der Waals surface area contributed by atoms with Crippen LogP contribution in [-0.2, 0) is 4.79 Å². The Morgan fingerprint density at radius 3 is 2.26 bits per heavy atom. The molecule has 118 valence electrons. The van der Waals surface area contributed by atoms with Crippen molar-refractivity contribution in [1.29, 1.82) is 0 Å². The molecule has 7 heteroatoms. The van der Waals surface area contributed by atoms with Crippen molar-refractivity contribution in [3.63, 3.8) is 0 Å². The van der Waals surface area contributed by atoms with E-state index in [1.165, 1.54) is 19.2 Å². The molecule has 0 fully saturated rings. The fourth-order valence-electron chi connectivity index (χ4n) is 2.09. The van der Waals surface area contributed by atoms with Crippen molar-refractivity contribution in [3.8, 4) is 11.5 Å². The van der Waals surface area contributed by atoms with Crippen LogP contribution in [0.15, 0.2) is 42.5 Å². The molecule has 2 rings (SSSR count). The molecule has 2 aromatic rings. The normalized spacial score (nSPS) is 10.0. The van der Waals surface area contributed by atoms with Gasteiger partial charge in [-0.25, -0.2) is 0 Å². The molecule has 0 unspecified atom stereocenters. The van der Waals surface area contributed by atoms with Crippen molar-refractivity contribution in [2.24, 2.45) is 0 Å². The Morgan fingerprint density at radius 1 is 1.09 bits per heavy atom. The molecule has 0 aliphatic heterocycles. The largest absolute Gasteiger partial charge is 0.488 e. The maximum absolute atomic E-state index is 12.5. The summed E-state index contributed by atoms with van der Waals surface area (Å²) in [5.41, 5.74) is -0.382. The minimum Gasteiger partial charge on any atom is -0.488 e. The van der Waals surface area contributed by atoms with Gasteiger partial charge in [0.15, 0.2) is 11.5 Å². The lowest BCUT2D eigenvalue weighted by Gasteiger charge is -2.11. The average molecular weight is 315 g/mol. The maximum atomic E-state index is 12.5. The number of benzene rings is 2. The molecular weight excluding hydrogens is 302 g/mol. The van der Waals surface area contributed by atoms with Crippen molar-refractivity contribution in [1.82, 2.24) is 0 Å². The summed E-state index contributed by atoms with van der Waals surface area (Å²) in [5, 5.41) is 11.4. The lowest BCUT2D eigenvalue weighted by Crippen LogP contribution is -2.09. The third kappa shape index (κ3) is 3.34. The highest BCUT2D eigenvalue weighted by molar-refractivity contribution is 6.12. The van der Waals surface area contributed by atoms with Gasteiger partial charge < -0.3 is 9.47 Å². The molecule has 0 spiro atoms. The first-order valence-corrected chi connectivity index (χ1v) is 6.59. The predicted molar refractivity (Wildman–Crippen MR) is 80.8 cm³/mol. The van der Waals surface area contributed by atoms with E-state index in [-0.39, 0.29) is 17.1 Å². The number of nitrogens with zero attached hydrogens (tertiary/aromatic N) is 1. The molecular formula is C16H13NO6. The smallest absolute Gasteiger partial charge is 0.326 e. The van der Waals surface area contributed by atoms with E-state index in [0.29, 0.717) is 5.56 Å². The number of methoxy groups -OCH3 is 1. The van der Waals surface area contributed by atoms with E-state index in [1.54, 1.807) is 30.3 Å². The summed E-state index contributed by atoms with van der Waals surface area (Å²) in [6.07, 6.45) is 0. The van der Waals surface area contributed by atoms with Crippen LogP contribution >= 0.6 is 0 Å². The first-order valence-electron chi connectivity index (χ1n) is 6.59. The number of carbonyl (C=O) groups excluding carboxylic acids is 2. The third-order valence-corrected chi connectivity index (χ3v) is 3.02. The van der Waals surface area contributed by atoms with Gasteiger partial charge in [0, 0.05) is 12.5 Å². The zero-order valence-corrected chi connectivity index (χ0v) is 12.4. The Labute approximate surface area is 131 Å². The molecule has 0 N–H and O–H groups in total. The summed E-state index contributed by atoms with van der Waals surface area (Å²) < 4.78 is 9.88. The maximum Gasteiger partial charge on any atom is 0.326 e. The van der Waals surface area contributed by atoms with Crippen molar-refractivity contribution >= 4 is 17.4 Å². The van der Waals surface area contributed by atoms with Gasteiger partial charge in [-0.1, -0.05) is 30.3 Å². The van der Waals surface area contributed by atoms with E-state index in [9.17, 15) is 19.7 Å². The second-order valence-corrected chi connectivity index (χ2v) is 4.54. The van der Waals surface area contributed by atoms with Crippen molar-refractivity contribution < 1.29 is 24.0 Å². The summed E-state index contributed by atoms with van der Waals surface area (Å²) in [6.45, 7) is 1.16. The van der Waals surface area contributed by atoms with E-state index in [2.05, 4.69) is 0 Å². The predicted octanol–water partition coefficient (Wildman–Crippen LogP) is 2.76. The molecule has 0 amide bonds. The van der Waals surface area contributed by atoms with Gasteiger partial charge in [0.25, 0.3) is 0 Å². The van der Waals surface area contributed by atoms with E-state index in [0.717, 1.165) is 6.92 Å². The standard InChI is InChI=1S/C16H13NO6/c1-10(18)23-13-9-8-12(14(17(20)21)16(13)22-2)15(19)11-6-4-3-5-7-11/h3-9H,1-2H3. The summed E-state index contributed by atoms with van der Waals surface area (Å²) in [7, 11) is 1.20. The van der Waals surface area contributed by atoms with Crippen LogP contribution in [0.3, 0.4) is 0 Å². The summed E-state index contributed by atoms with van der Waals surface area (Å²) in [6, 6.07) is 10.7. The van der Waals surface area contributed by atoms with Crippen LogP contribution in [-0.4, -0.2) is 23.8 Å². The van der Waals surface area contributed by atoms with E-state index in [4.69, 9.17) is 9.47 Å². The molecule has 0 saturated heterocycles. The molecule has 0 radical (unpaired) electrons. The van der Waals surface area contributed by atoms with Crippen LogP contribution < -0.4 is 9.47 Å². The first-order chi connectivity index (χ1) is 11.0. The molecule has 0 aliphatic carbocycles. The molecule has 0 saturated carbocycles. The minimum absolute atomic E-state index is 0.115. The highest BCUT2D eigenvalue weighted by atomic mass is 16.6. The second-order valence-electron chi connectivity index (χ2n) is 4.54. The van der Waals surface area contributed by atoms with Crippen LogP contribution in [0.2, 0.25) is 0 Å². The highest BCUT2D eigenvalue weighted by Crippen LogP contribution is 2.40. The number of nitro benzene ring substituents is 1. The minimum atomic E-state index is -0.734. The highest BCUT2D eigenvalue weighted by Gasteiger charge is 2.30. The lowest BCUT2D eigenvalue weighted by molar-refractivity contribution is -0.386.